The third-order valence-electron chi connectivity index (χ3n) is 4.58. The summed E-state index contributed by atoms with van der Waals surface area (Å²) in [5.41, 5.74) is 2.47. The molecule has 30 heavy (non-hydrogen) atoms. The number of para-hydroxylation sites is 1. The molecule has 0 bridgehead atoms. The van der Waals surface area contributed by atoms with Crippen LogP contribution in [0.4, 0.5) is 10.1 Å². The largest absolute Gasteiger partial charge is 0.323 e. The summed E-state index contributed by atoms with van der Waals surface area (Å²) in [6.45, 7) is 0. The number of hydrogen-bond acceptors (Lipinski definition) is 3. The fraction of sp³-hybridized carbons (Fsp3) is 0.0417. The first-order valence-corrected chi connectivity index (χ1v) is 9.38. The van der Waals surface area contributed by atoms with Crippen molar-refractivity contribution < 1.29 is 14.0 Å². The number of benzene rings is 3. The summed E-state index contributed by atoms with van der Waals surface area (Å²) in [4.78, 5) is 29.5. The second-order valence-corrected chi connectivity index (χ2v) is 6.65. The van der Waals surface area contributed by atoms with Crippen LogP contribution in [0.2, 0.25) is 0 Å². The van der Waals surface area contributed by atoms with Gasteiger partial charge in [0.25, 0.3) is 5.91 Å². The highest BCUT2D eigenvalue weighted by Gasteiger charge is 2.27. The van der Waals surface area contributed by atoms with E-state index in [1.54, 1.807) is 48.5 Å². The van der Waals surface area contributed by atoms with E-state index in [1.807, 2.05) is 30.3 Å². The van der Waals surface area contributed by atoms with Crippen LogP contribution < -0.4 is 10.6 Å². The Morgan fingerprint density at radius 1 is 0.933 bits per heavy atom. The molecule has 1 aliphatic rings. The smallest absolute Gasteiger partial charge is 0.269 e. The molecule has 0 aliphatic carbocycles. The van der Waals surface area contributed by atoms with E-state index in [2.05, 4.69) is 15.6 Å². The number of nitrogens with zero attached hydrogens (tertiary/aromatic N) is 1. The zero-order chi connectivity index (χ0) is 20.9. The van der Waals surface area contributed by atoms with Crippen molar-refractivity contribution in [2.45, 2.75) is 6.17 Å². The first-order chi connectivity index (χ1) is 14.6. The zero-order valence-corrected chi connectivity index (χ0v) is 15.9. The highest BCUT2D eigenvalue weighted by atomic mass is 19.1. The third-order valence-corrected chi connectivity index (χ3v) is 4.58. The molecule has 6 heteroatoms. The van der Waals surface area contributed by atoms with E-state index < -0.39 is 23.8 Å². The summed E-state index contributed by atoms with van der Waals surface area (Å²) < 4.78 is 14.5. The first kappa shape index (κ1) is 19.3. The second-order valence-electron chi connectivity index (χ2n) is 6.65. The van der Waals surface area contributed by atoms with E-state index in [1.165, 1.54) is 12.1 Å². The van der Waals surface area contributed by atoms with E-state index in [0.29, 0.717) is 17.0 Å². The van der Waals surface area contributed by atoms with Gasteiger partial charge in [-0.15, -0.1) is 0 Å². The van der Waals surface area contributed by atoms with Crippen molar-refractivity contribution in [1.29, 1.82) is 0 Å². The molecule has 148 valence electrons. The number of carbonyl (C=O) groups excluding carboxylic acids is 2. The predicted molar refractivity (Wildman–Crippen MR) is 115 cm³/mol. The molecule has 0 saturated carbocycles. The Labute approximate surface area is 173 Å². The van der Waals surface area contributed by atoms with Crippen LogP contribution in [-0.2, 0) is 9.59 Å². The summed E-state index contributed by atoms with van der Waals surface area (Å²) in [6.07, 6.45) is 1.76. The highest BCUT2D eigenvalue weighted by Crippen LogP contribution is 2.24. The molecule has 1 aliphatic heterocycles. The predicted octanol–water partition coefficient (Wildman–Crippen LogP) is 3.77. The average Bonchev–Trinajstić information content (AvgIpc) is 2.90. The van der Waals surface area contributed by atoms with Gasteiger partial charge in [0.1, 0.15) is 5.82 Å². The van der Waals surface area contributed by atoms with Gasteiger partial charge in [0.05, 0.1) is 11.4 Å². The molecule has 2 amide bonds. The minimum absolute atomic E-state index is 0.250. The lowest BCUT2D eigenvalue weighted by Gasteiger charge is -2.12. The fourth-order valence-corrected chi connectivity index (χ4v) is 3.14. The number of carbonyl (C=O) groups is 2. The van der Waals surface area contributed by atoms with E-state index in [-0.39, 0.29) is 5.56 Å². The van der Waals surface area contributed by atoms with E-state index in [0.717, 1.165) is 5.56 Å². The van der Waals surface area contributed by atoms with E-state index in [9.17, 15) is 14.0 Å². The summed E-state index contributed by atoms with van der Waals surface area (Å²) in [7, 11) is 0. The minimum atomic E-state index is -1.21. The minimum Gasteiger partial charge on any atom is -0.323 e. The van der Waals surface area contributed by atoms with Crippen LogP contribution in [0.5, 0.6) is 0 Å². The number of hydrogen-bond donors (Lipinski definition) is 2. The average molecular weight is 399 g/mol. The van der Waals surface area contributed by atoms with Gasteiger partial charge in [0.2, 0.25) is 12.1 Å². The van der Waals surface area contributed by atoms with Gasteiger partial charge in [-0.05, 0) is 29.8 Å². The maximum atomic E-state index is 14.5. The fourth-order valence-electron chi connectivity index (χ4n) is 3.14. The summed E-state index contributed by atoms with van der Waals surface area (Å²) in [6, 6.07) is 22.5. The van der Waals surface area contributed by atoms with Gasteiger partial charge in [-0.1, -0.05) is 60.7 Å². The number of anilines is 1. The van der Waals surface area contributed by atoms with Crippen molar-refractivity contribution in [2.75, 3.05) is 5.32 Å². The standard InChI is InChI=1S/C24H18FN3O2/c25-19-12-6-4-10-17(19)22-18-11-5-7-13-20(18)26-24(30)23(28-22)27-21(29)15-14-16-8-2-1-3-9-16/h1-15,23H,(H,26,30)(H,27,29)/b15-14-. The second kappa shape index (κ2) is 8.53. The summed E-state index contributed by atoms with van der Waals surface area (Å²) in [5.74, 6) is -1.45. The Morgan fingerprint density at radius 2 is 1.60 bits per heavy atom. The quantitative estimate of drug-likeness (QED) is 0.656. The van der Waals surface area contributed by atoms with Crippen LogP contribution in [0.1, 0.15) is 16.7 Å². The lowest BCUT2D eigenvalue weighted by molar-refractivity contribution is -0.123. The van der Waals surface area contributed by atoms with E-state index >= 15 is 0 Å². The molecular formula is C24H18FN3O2. The molecule has 0 saturated heterocycles. The SMILES string of the molecule is O=C(/C=C\c1ccccc1)NC1N=C(c2ccccc2F)c2ccccc2NC1=O. The molecular weight excluding hydrogens is 381 g/mol. The summed E-state index contributed by atoms with van der Waals surface area (Å²) >= 11 is 0. The van der Waals surface area contributed by atoms with Crippen molar-refractivity contribution in [1.82, 2.24) is 5.32 Å². The molecule has 1 heterocycles. The molecule has 0 fully saturated rings. The van der Waals surface area contributed by atoms with Crippen molar-refractivity contribution >= 4 is 29.3 Å². The van der Waals surface area contributed by atoms with Gasteiger partial charge >= 0.3 is 0 Å². The van der Waals surface area contributed by atoms with Gasteiger partial charge in [0.15, 0.2) is 0 Å². The monoisotopic (exact) mass is 399 g/mol. The number of nitrogens with one attached hydrogen (secondary N) is 2. The Kier molecular flexibility index (Phi) is 5.48. The Balaban J connectivity index is 1.67. The van der Waals surface area contributed by atoms with Crippen molar-refractivity contribution in [2.24, 2.45) is 4.99 Å². The number of rotatable bonds is 4. The van der Waals surface area contributed by atoms with Crippen LogP contribution in [0.3, 0.4) is 0 Å². The van der Waals surface area contributed by atoms with Crippen LogP contribution in [0.15, 0.2) is 89.9 Å². The molecule has 3 aromatic rings. The van der Waals surface area contributed by atoms with Crippen molar-refractivity contribution in [3.05, 3.63) is 107 Å². The molecule has 4 rings (SSSR count). The molecule has 0 aromatic heterocycles. The van der Waals surface area contributed by atoms with Gasteiger partial charge in [-0.3, -0.25) is 9.59 Å². The molecule has 5 nitrogen and oxygen atoms in total. The highest BCUT2D eigenvalue weighted by molar-refractivity contribution is 6.20. The molecule has 0 spiro atoms. The van der Waals surface area contributed by atoms with E-state index in [4.69, 9.17) is 0 Å². The molecule has 1 atom stereocenters. The van der Waals surface area contributed by atoms with Crippen molar-refractivity contribution in [3.8, 4) is 0 Å². The molecule has 0 radical (unpaired) electrons. The Morgan fingerprint density at radius 3 is 2.37 bits per heavy atom. The lowest BCUT2D eigenvalue weighted by Crippen LogP contribution is -2.41. The number of amides is 2. The van der Waals surface area contributed by atoms with Gasteiger partial charge in [-0.25, -0.2) is 9.38 Å². The third kappa shape index (κ3) is 4.17. The maximum absolute atomic E-state index is 14.5. The van der Waals surface area contributed by atoms with Gasteiger partial charge in [-0.2, -0.15) is 0 Å². The van der Waals surface area contributed by atoms with Crippen LogP contribution in [0.25, 0.3) is 6.08 Å². The zero-order valence-electron chi connectivity index (χ0n) is 15.9. The Hall–Kier alpha value is -4.06. The number of halogens is 1. The molecule has 3 aromatic carbocycles. The maximum Gasteiger partial charge on any atom is 0.269 e. The van der Waals surface area contributed by atoms with Crippen molar-refractivity contribution in [3.63, 3.8) is 0 Å². The first-order valence-electron chi connectivity index (χ1n) is 9.38. The molecule has 1 unspecified atom stereocenters. The Bertz CT molecular complexity index is 1160. The number of benzodiazepines with no additional fused rings is 1. The summed E-state index contributed by atoms with van der Waals surface area (Å²) in [5, 5.41) is 5.34. The van der Waals surface area contributed by atoms with Crippen LogP contribution in [0, 0.1) is 5.82 Å². The topological polar surface area (TPSA) is 70.6 Å². The molecule has 2 N–H and O–H groups in total. The number of aliphatic imine (C=N–C) groups is 1. The van der Waals surface area contributed by atoms with Gasteiger partial charge in [0, 0.05) is 17.2 Å². The normalized spacial score (nSPS) is 15.7. The number of fused-ring (bicyclic) bond motifs is 1. The lowest BCUT2D eigenvalue weighted by atomic mass is 10.0. The van der Waals surface area contributed by atoms with Gasteiger partial charge < -0.3 is 10.6 Å². The van der Waals surface area contributed by atoms with Crippen LogP contribution >= 0.6 is 0 Å². The van der Waals surface area contributed by atoms with Crippen LogP contribution in [-0.4, -0.2) is 23.7 Å².